The van der Waals surface area contributed by atoms with E-state index in [0.717, 1.165) is 9.64 Å². The number of nitrogen functional groups attached to an aromatic ring is 1. The summed E-state index contributed by atoms with van der Waals surface area (Å²) < 4.78 is 41.5. The van der Waals surface area contributed by atoms with E-state index in [0.29, 0.717) is 5.69 Å². The van der Waals surface area contributed by atoms with Crippen molar-refractivity contribution in [3.05, 3.63) is 51.3 Å². The highest BCUT2D eigenvalue weighted by Crippen LogP contribution is 2.24. The van der Waals surface area contributed by atoms with Gasteiger partial charge in [-0.15, -0.1) is 0 Å². The van der Waals surface area contributed by atoms with Crippen LogP contribution in [0.4, 0.5) is 15.8 Å². The molecule has 2 aromatic rings. The summed E-state index contributed by atoms with van der Waals surface area (Å²) >= 11 is 2.12. The number of hydrogen-bond acceptors (Lipinski definition) is 3. The molecule has 20 heavy (non-hydrogen) atoms. The van der Waals surface area contributed by atoms with Crippen molar-refractivity contribution in [2.75, 3.05) is 10.5 Å². The average molecular weight is 406 g/mol. The van der Waals surface area contributed by atoms with Gasteiger partial charge in [0.25, 0.3) is 10.0 Å². The minimum Gasteiger partial charge on any atom is -0.399 e. The van der Waals surface area contributed by atoms with Crippen molar-refractivity contribution in [1.82, 2.24) is 0 Å². The van der Waals surface area contributed by atoms with E-state index >= 15 is 0 Å². The summed E-state index contributed by atoms with van der Waals surface area (Å²) in [5.74, 6) is -0.645. The third-order valence-electron chi connectivity index (χ3n) is 2.70. The second kappa shape index (κ2) is 5.57. The lowest BCUT2D eigenvalue weighted by Crippen LogP contribution is -2.15. The molecule has 2 aromatic carbocycles. The molecule has 4 nitrogen and oxygen atoms in total. The van der Waals surface area contributed by atoms with E-state index in [4.69, 9.17) is 5.73 Å². The molecule has 0 amide bonds. The van der Waals surface area contributed by atoms with Gasteiger partial charge in [-0.2, -0.15) is 0 Å². The first-order valence-electron chi connectivity index (χ1n) is 5.63. The molecule has 0 radical (unpaired) electrons. The van der Waals surface area contributed by atoms with Gasteiger partial charge in [-0.05, 0) is 65.9 Å². The molecule has 0 bridgehead atoms. The van der Waals surface area contributed by atoms with Crippen LogP contribution in [-0.4, -0.2) is 8.42 Å². The smallest absolute Gasteiger partial charge is 0.262 e. The minimum absolute atomic E-state index is 0.0391. The minimum atomic E-state index is -3.87. The molecular weight excluding hydrogens is 394 g/mol. The lowest BCUT2D eigenvalue weighted by molar-refractivity contribution is 0.591. The Hall–Kier alpha value is -1.35. The van der Waals surface area contributed by atoms with Crippen LogP contribution in [0.3, 0.4) is 0 Å². The van der Waals surface area contributed by atoms with Crippen molar-refractivity contribution in [3.8, 4) is 0 Å². The van der Waals surface area contributed by atoms with Gasteiger partial charge in [-0.3, -0.25) is 4.72 Å². The van der Waals surface area contributed by atoms with Crippen LogP contribution in [0.5, 0.6) is 0 Å². The van der Waals surface area contributed by atoms with Gasteiger partial charge in [-0.1, -0.05) is 0 Å². The van der Waals surface area contributed by atoms with E-state index in [-0.39, 0.29) is 16.1 Å². The molecule has 0 saturated heterocycles. The second-order valence-corrected chi connectivity index (χ2v) is 7.13. The fraction of sp³-hybridized carbons (Fsp3) is 0.0769. The Morgan fingerprint density at radius 3 is 2.40 bits per heavy atom. The summed E-state index contributed by atoms with van der Waals surface area (Å²) in [6.07, 6.45) is 0. The molecule has 0 heterocycles. The highest BCUT2D eigenvalue weighted by Gasteiger charge is 2.20. The van der Waals surface area contributed by atoms with Gasteiger partial charge in [0.05, 0.1) is 4.90 Å². The fourth-order valence-corrected chi connectivity index (χ4v) is 3.39. The Morgan fingerprint density at radius 2 is 1.80 bits per heavy atom. The molecule has 0 spiro atoms. The van der Waals surface area contributed by atoms with Gasteiger partial charge >= 0.3 is 0 Å². The summed E-state index contributed by atoms with van der Waals surface area (Å²) in [7, 11) is -3.87. The zero-order valence-electron chi connectivity index (χ0n) is 10.5. The van der Waals surface area contributed by atoms with Crippen LogP contribution >= 0.6 is 22.6 Å². The van der Waals surface area contributed by atoms with Gasteiger partial charge < -0.3 is 5.73 Å². The molecule has 0 saturated carbocycles. The molecule has 0 aliphatic carbocycles. The predicted octanol–water partition coefficient (Wildman–Crippen LogP) is 3.12. The van der Waals surface area contributed by atoms with Crippen molar-refractivity contribution in [3.63, 3.8) is 0 Å². The molecule has 3 N–H and O–H groups in total. The maximum atomic E-state index is 13.6. The van der Waals surface area contributed by atoms with Crippen molar-refractivity contribution in [2.24, 2.45) is 0 Å². The molecule has 0 fully saturated rings. The van der Waals surface area contributed by atoms with Crippen molar-refractivity contribution in [2.45, 2.75) is 11.8 Å². The zero-order valence-corrected chi connectivity index (χ0v) is 13.5. The molecule has 106 valence electrons. The molecule has 0 aliphatic heterocycles. The molecule has 0 aliphatic rings. The topological polar surface area (TPSA) is 72.2 Å². The third-order valence-corrected chi connectivity index (χ3v) is 4.93. The van der Waals surface area contributed by atoms with Crippen LogP contribution in [0.15, 0.2) is 41.3 Å². The monoisotopic (exact) mass is 406 g/mol. The number of hydrogen-bond donors (Lipinski definition) is 2. The van der Waals surface area contributed by atoms with Gasteiger partial charge in [0, 0.05) is 20.5 Å². The summed E-state index contributed by atoms with van der Waals surface area (Å²) in [4.78, 5) is -0.159. The standard InChI is InChI=1S/C13H12FIN2O2S/c1-8-12(14)6-10(16)7-13(8)20(18,19)17-11-4-2-9(15)3-5-11/h2-7,17H,16H2,1H3. The molecule has 7 heteroatoms. The second-order valence-electron chi connectivity index (χ2n) is 4.24. The van der Waals surface area contributed by atoms with Crippen LogP contribution in [0.1, 0.15) is 5.56 Å². The van der Waals surface area contributed by atoms with Gasteiger partial charge in [0.15, 0.2) is 0 Å². The predicted molar refractivity (Wildman–Crippen MR) is 85.5 cm³/mol. The van der Waals surface area contributed by atoms with E-state index in [1.807, 2.05) is 0 Å². The number of halogens is 2. The van der Waals surface area contributed by atoms with E-state index < -0.39 is 15.8 Å². The van der Waals surface area contributed by atoms with Gasteiger partial charge in [0.2, 0.25) is 0 Å². The van der Waals surface area contributed by atoms with E-state index in [1.165, 1.54) is 13.0 Å². The molecule has 2 rings (SSSR count). The van der Waals surface area contributed by atoms with Crippen LogP contribution in [0.25, 0.3) is 0 Å². The zero-order chi connectivity index (χ0) is 14.9. The Labute approximate surface area is 130 Å². The number of nitrogens with one attached hydrogen (secondary N) is 1. The maximum absolute atomic E-state index is 13.6. The summed E-state index contributed by atoms with van der Waals surface area (Å²) in [6.45, 7) is 1.40. The van der Waals surface area contributed by atoms with E-state index in [1.54, 1.807) is 24.3 Å². The SMILES string of the molecule is Cc1c(F)cc(N)cc1S(=O)(=O)Nc1ccc(I)cc1. The van der Waals surface area contributed by atoms with E-state index in [9.17, 15) is 12.8 Å². The largest absolute Gasteiger partial charge is 0.399 e. The number of sulfonamides is 1. The fourth-order valence-electron chi connectivity index (χ4n) is 1.68. The Morgan fingerprint density at radius 1 is 1.20 bits per heavy atom. The van der Waals surface area contributed by atoms with Gasteiger partial charge in [0.1, 0.15) is 5.82 Å². The number of nitrogens with two attached hydrogens (primary N) is 1. The highest BCUT2D eigenvalue weighted by atomic mass is 127. The molecule has 0 atom stereocenters. The maximum Gasteiger partial charge on any atom is 0.262 e. The van der Waals surface area contributed by atoms with Crippen LogP contribution in [0.2, 0.25) is 0 Å². The Kier molecular flexibility index (Phi) is 4.19. The van der Waals surface area contributed by atoms with Crippen LogP contribution in [-0.2, 0) is 10.0 Å². The molecule has 0 aromatic heterocycles. The number of benzene rings is 2. The normalized spacial score (nSPS) is 11.3. The van der Waals surface area contributed by atoms with Crippen LogP contribution < -0.4 is 10.5 Å². The first kappa shape index (κ1) is 15.0. The Bertz CT molecular complexity index is 746. The molecular formula is C13H12FIN2O2S. The average Bonchev–Trinajstić information content (AvgIpc) is 2.36. The molecule has 0 unspecified atom stereocenters. The first-order chi connectivity index (χ1) is 9.29. The van der Waals surface area contributed by atoms with Gasteiger partial charge in [-0.25, -0.2) is 12.8 Å². The summed E-state index contributed by atoms with van der Waals surface area (Å²) in [6, 6.07) is 9.15. The summed E-state index contributed by atoms with van der Waals surface area (Å²) in [5, 5.41) is 0. The van der Waals surface area contributed by atoms with Crippen LogP contribution in [0, 0.1) is 16.3 Å². The number of rotatable bonds is 3. The van der Waals surface area contributed by atoms with Crippen molar-refractivity contribution in [1.29, 1.82) is 0 Å². The number of anilines is 2. The van der Waals surface area contributed by atoms with Crippen molar-refractivity contribution >= 4 is 44.0 Å². The van der Waals surface area contributed by atoms with E-state index in [2.05, 4.69) is 27.3 Å². The quantitative estimate of drug-likeness (QED) is 0.608. The van der Waals surface area contributed by atoms with Crippen molar-refractivity contribution < 1.29 is 12.8 Å². The first-order valence-corrected chi connectivity index (χ1v) is 8.20. The highest BCUT2D eigenvalue weighted by molar-refractivity contribution is 14.1. The lowest BCUT2D eigenvalue weighted by Gasteiger charge is -2.11. The third kappa shape index (κ3) is 3.21. The summed E-state index contributed by atoms with van der Waals surface area (Å²) in [5.41, 5.74) is 6.02. The Balaban J connectivity index is 2.43. The lowest BCUT2D eigenvalue weighted by atomic mass is 10.2.